The van der Waals surface area contributed by atoms with Gasteiger partial charge in [-0.25, -0.2) is 0 Å². The third-order valence-corrected chi connectivity index (χ3v) is 16.4. The van der Waals surface area contributed by atoms with Crippen molar-refractivity contribution in [2.75, 3.05) is 0 Å². The standard InChI is InChI=1S/C25H20Br2IP/c26-21-17-16-20(25(28)18-21)19-29(27,22-10-4-1-5-11-22,23-12-6-2-7-13-23)24-14-8-3-9-15-24/h1-18H,19H2. The van der Waals surface area contributed by atoms with Gasteiger partial charge in [-0.3, -0.25) is 0 Å². The van der Waals surface area contributed by atoms with Crippen LogP contribution in [0.5, 0.6) is 0 Å². The van der Waals surface area contributed by atoms with E-state index in [0.717, 1.165) is 10.6 Å². The van der Waals surface area contributed by atoms with Crippen LogP contribution in [0.4, 0.5) is 0 Å². The zero-order valence-corrected chi connectivity index (χ0v) is 21.9. The van der Waals surface area contributed by atoms with Crippen LogP contribution in [0, 0.1) is 3.57 Å². The van der Waals surface area contributed by atoms with E-state index < -0.39 is 5.31 Å². The van der Waals surface area contributed by atoms with Gasteiger partial charge in [-0.05, 0) is 0 Å². The first kappa shape index (κ1) is 21.2. The summed E-state index contributed by atoms with van der Waals surface area (Å²) in [7, 11) is 0. The van der Waals surface area contributed by atoms with Gasteiger partial charge >= 0.3 is 204 Å². The van der Waals surface area contributed by atoms with Crippen LogP contribution in [0.3, 0.4) is 0 Å². The third kappa shape index (κ3) is 3.87. The number of benzene rings is 4. The molecule has 0 radical (unpaired) electrons. The summed E-state index contributed by atoms with van der Waals surface area (Å²) in [5.74, 6) is 0. The molecule has 0 unspecified atom stereocenters. The molecule has 0 aliphatic carbocycles. The monoisotopic (exact) mass is 636 g/mol. The molecule has 0 nitrogen and oxygen atoms in total. The quantitative estimate of drug-likeness (QED) is 0.158. The first-order chi connectivity index (χ1) is 14.0. The van der Waals surface area contributed by atoms with E-state index in [0.29, 0.717) is 0 Å². The molecule has 0 atom stereocenters. The number of hydrogen-bond donors (Lipinski definition) is 0. The van der Waals surface area contributed by atoms with E-state index in [4.69, 9.17) is 0 Å². The van der Waals surface area contributed by atoms with Gasteiger partial charge in [0.1, 0.15) is 0 Å². The first-order valence-electron chi connectivity index (χ1n) is 9.36. The van der Waals surface area contributed by atoms with E-state index in [1.807, 2.05) is 0 Å². The molecule has 4 aromatic carbocycles. The molecule has 4 heteroatoms. The SMILES string of the molecule is Brc1ccc(CP(Br)(c2ccccc2)(c2ccccc2)c2ccccc2)c(I)c1. The summed E-state index contributed by atoms with van der Waals surface area (Å²) in [5.41, 5.74) is 1.35. The molecule has 0 N–H and O–H groups in total. The van der Waals surface area contributed by atoms with Crippen LogP contribution in [0.25, 0.3) is 0 Å². The van der Waals surface area contributed by atoms with Crippen molar-refractivity contribution >= 4 is 75.2 Å². The Morgan fingerprint density at radius 3 is 1.41 bits per heavy atom. The Kier molecular flexibility index (Phi) is 6.32. The molecular formula is C25H20Br2IP. The molecule has 29 heavy (non-hydrogen) atoms. The Labute approximate surface area is 202 Å². The molecule has 0 spiro atoms. The second-order valence-electron chi connectivity index (χ2n) is 7.08. The minimum atomic E-state index is -2.94. The fraction of sp³-hybridized carbons (Fsp3) is 0.0400. The third-order valence-electron chi connectivity index (χ3n) is 5.37. The predicted molar refractivity (Wildman–Crippen MR) is 145 cm³/mol. The van der Waals surface area contributed by atoms with Gasteiger partial charge in [0.25, 0.3) is 0 Å². The molecular weight excluding hydrogens is 618 g/mol. The average Bonchev–Trinajstić information content (AvgIpc) is 2.78. The predicted octanol–water partition coefficient (Wildman–Crippen LogP) is 7.39. The van der Waals surface area contributed by atoms with Gasteiger partial charge in [-0.1, -0.05) is 0 Å². The maximum absolute atomic E-state index is 4.52. The van der Waals surface area contributed by atoms with E-state index in [-0.39, 0.29) is 0 Å². The molecule has 4 rings (SSSR count). The maximum atomic E-state index is 4.52. The van der Waals surface area contributed by atoms with Gasteiger partial charge in [0, 0.05) is 0 Å². The summed E-state index contributed by atoms with van der Waals surface area (Å²) in [6, 6.07) is 39.4. The minimum absolute atomic E-state index is 0.912. The summed E-state index contributed by atoms with van der Waals surface area (Å²) in [6.07, 6.45) is 0.912. The van der Waals surface area contributed by atoms with Crippen LogP contribution in [-0.2, 0) is 6.16 Å². The zero-order valence-electron chi connectivity index (χ0n) is 15.7. The Balaban J connectivity index is 2.09. The van der Waals surface area contributed by atoms with Crippen molar-refractivity contribution in [3.05, 3.63) is 123 Å². The Morgan fingerprint density at radius 1 is 0.621 bits per heavy atom. The van der Waals surface area contributed by atoms with Crippen LogP contribution in [0.2, 0.25) is 0 Å². The van der Waals surface area contributed by atoms with Gasteiger partial charge in [0.15, 0.2) is 0 Å². The van der Waals surface area contributed by atoms with Crippen molar-refractivity contribution in [3.8, 4) is 0 Å². The van der Waals surface area contributed by atoms with Crippen LogP contribution in [0.15, 0.2) is 114 Å². The second kappa shape index (κ2) is 8.63. The van der Waals surface area contributed by atoms with Gasteiger partial charge in [0.05, 0.1) is 0 Å². The average molecular weight is 638 g/mol. The number of hydrogen-bond acceptors (Lipinski definition) is 0. The summed E-state index contributed by atoms with van der Waals surface area (Å²) < 4.78 is 2.38. The number of rotatable bonds is 5. The normalized spacial score (nSPS) is 12.9. The van der Waals surface area contributed by atoms with Gasteiger partial charge in [0.2, 0.25) is 0 Å². The van der Waals surface area contributed by atoms with Crippen LogP contribution < -0.4 is 15.9 Å². The molecule has 0 aliphatic rings. The topological polar surface area (TPSA) is 0 Å². The molecule has 146 valence electrons. The van der Waals surface area contributed by atoms with E-state index in [1.54, 1.807) is 0 Å². The first-order valence-corrected chi connectivity index (χ1v) is 15.7. The van der Waals surface area contributed by atoms with E-state index >= 15 is 0 Å². The van der Waals surface area contributed by atoms with Crippen molar-refractivity contribution in [2.45, 2.75) is 6.16 Å². The fourth-order valence-electron chi connectivity index (χ4n) is 3.91. The Hall–Kier alpha value is -1.000. The van der Waals surface area contributed by atoms with E-state index in [9.17, 15) is 0 Å². The molecule has 0 saturated heterocycles. The van der Waals surface area contributed by atoms with Crippen LogP contribution >= 0.6 is 59.3 Å². The van der Waals surface area contributed by atoms with Gasteiger partial charge < -0.3 is 0 Å². The van der Waals surface area contributed by atoms with E-state index in [2.05, 4.69) is 163 Å². The van der Waals surface area contributed by atoms with Crippen molar-refractivity contribution in [1.82, 2.24) is 0 Å². The Bertz CT molecular complexity index is 1020. The summed E-state index contributed by atoms with van der Waals surface area (Å²) in [5, 5.41) is 1.09. The number of halogens is 3. The van der Waals surface area contributed by atoms with Gasteiger partial charge in [-0.15, -0.1) is 0 Å². The molecule has 0 aliphatic heterocycles. The summed E-state index contributed by atoms with van der Waals surface area (Å²) in [6.45, 7) is 0. The second-order valence-corrected chi connectivity index (χ2v) is 18.1. The van der Waals surface area contributed by atoms with Crippen LogP contribution in [-0.4, -0.2) is 0 Å². The Morgan fingerprint density at radius 2 is 1.03 bits per heavy atom. The van der Waals surface area contributed by atoms with Crippen molar-refractivity contribution < 1.29 is 0 Å². The van der Waals surface area contributed by atoms with Gasteiger partial charge in [-0.2, -0.15) is 0 Å². The molecule has 0 heterocycles. The van der Waals surface area contributed by atoms with Crippen molar-refractivity contribution in [1.29, 1.82) is 0 Å². The summed E-state index contributed by atoms with van der Waals surface area (Å²) >= 11 is 10.6. The molecule has 4 aromatic rings. The molecule has 0 amide bonds. The molecule has 0 fully saturated rings. The molecule has 0 bridgehead atoms. The zero-order chi connectivity index (χ0) is 20.3. The van der Waals surface area contributed by atoms with Crippen molar-refractivity contribution in [3.63, 3.8) is 0 Å². The molecule has 0 saturated carbocycles. The summed E-state index contributed by atoms with van der Waals surface area (Å²) in [4.78, 5) is 0. The fourth-order valence-corrected chi connectivity index (χ4v) is 13.4. The van der Waals surface area contributed by atoms with Crippen LogP contribution in [0.1, 0.15) is 5.56 Å². The van der Waals surface area contributed by atoms with Crippen molar-refractivity contribution in [2.24, 2.45) is 0 Å². The van der Waals surface area contributed by atoms with E-state index in [1.165, 1.54) is 25.0 Å². The molecule has 0 aromatic heterocycles.